The maximum atomic E-state index is 12.0. The molecule has 0 spiro atoms. The average Bonchev–Trinajstić information content (AvgIpc) is 2.44. The number of nitrogens with one attached hydrogen (secondary N) is 2. The number of H-pyrrole nitrogens is 1. The van der Waals surface area contributed by atoms with Crippen LogP contribution < -0.4 is 10.9 Å². The van der Waals surface area contributed by atoms with Crippen molar-refractivity contribution in [3.8, 4) is 0 Å². The Morgan fingerprint density at radius 1 is 1.09 bits per heavy atom. The van der Waals surface area contributed by atoms with Crippen molar-refractivity contribution >= 4 is 15.7 Å². The van der Waals surface area contributed by atoms with Crippen LogP contribution in [0.1, 0.15) is 27.2 Å². The van der Waals surface area contributed by atoms with E-state index in [4.69, 9.17) is 0 Å². The van der Waals surface area contributed by atoms with E-state index in [1.54, 1.807) is 37.3 Å². The Balaban J connectivity index is 2.00. The molecule has 2 rings (SSSR count). The molecular formula is C16H18N2O4S. The Morgan fingerprint density at radius 2 is 1.70 bits per heavy atom. The Bertz CT molecular complexity index is 868. The summed E-state index contributed by atoms with van der Waals surface area (Å²) in [6.45, 7) is 1.99. The minimum absolute atomic E-state index is 0.0155. The number of carbonyl (C=O) groups is 1. The number of aryl methyl sites for hydroxylation is 1. The topological polar surface area (TPSA) is 96.1 Å². The highest BCUT2D eigenvalue weighted by Crippen LogP contribution is 2.08. The lowest BCUT2D eigenvalue weighted by Crippen LogP contribution is -2.29. The minimum Gasteiger partial charge on any atom is -0.348 e. The van der Waals surface area contributed by atoms with Gasteiger partial charge in [-0.2, -0.15) is 0 Å². The lowest BCUT2D eigenvalue weighted by atomic mass is 10.1. The molecule has 0 aliphatic heterocycles. The van der Waals surface area contributed by atoms with Crippen molar-refractivity contribution in [2.45, 2.75) is 19.2 Å². The summed E-state index contributed by atoms with van der Waals surface area (Å²) >= 11 is 0. The molecule has 2 N–H and O–H groups in total. The number of pyridine rings is 1. The van der Waals surface area contributed by atoms with E-state index < -0.39 is 21.3 Å². The first kappa shape index (κ1) is 17.0. The first-order chi connectivity index (χ1) is 10.7. The van der Waals surface area contributed by atoms with Gasteiger partial charge < -0.3 is 10.3 Å². The van der Waals surface area contributed by atoms with E-state index in [1.165, 1.54) is 12.3 Å². The van der Waals surface area contributed by atoms with Gasteiger partial charge in [-0.25, -0.2) is 8.42 Å². The Morgan fingerprint density at radius 3 is 2.26 bits per heavy atom. The molecule has 0 radical (unpaired) electrons. The lowest BCUT2D eigenvalue weighted by Gasteiger charge is -2.06. The fourth-order valence-corrected chi connectivity index (χ4v) is 2.88. The van der Waals surface area contributed by atoms with E-state index in [1.807, 2.05) is 0 Å². The molecule has 1 aromatic heterocycles. The van der Waals surface area contributed by atoms with Crippen molar-refractivity contribution in [2.24, 2.45) is 0 Å². The number of rotatable bonds is 5. The number of hydrogen-bond acceptors (Lipinski definition) is 4. The molecule has 0 aliphatic rings. The third-order valence-corrected chi connectivity index (χ3v) is 4.06. The van der Waals surface area contributed by atoms with Gasteiger partial charge in [-0.3, -0.25) is 9.59 Å². The standard InChI is InChI=1S/C16H18N2O4S/c1-11-3-8-14(16(20)18-11)15(19)17-9-12-4-6-13(7-5-12)10-23(2,21)22/h3-8H,9-10H2,1-2H3,(H,17,19)(H,18,20). The van der Waals surface area contributed by atoms with Gasteiger partial charge in [0.05, 0.1) is 5.75 Å². The highest BCUT2D eigenvalue weighted by Gasteiger charge is 2.10. The summed E-state index contributed by atoms with van der Waals surface area (Å²) in [5.74, 6) is -0.468. The molecule has 0 atom stereocenters. The molecule has 1 aromatic carbocycles. The molecule has 0 bridgehead atoms. The maximum Gasteiger partial charge on any atom is 0.260 e. The zero-order valence-electron chi connectivity index (χ0n) is 12.9. The van der Waals surface area contributed by atoms with E-state index in [0.717, 1.165) is 5.56 Å². The smallest absolute Gasteiger partial charge is 0.260 e. The van der Waals surface area contributed by atoms with Crippen LogP contribution in [0.4, 0.5) is 0 Å². The second-order valence-electron chi connectivity index (χ2n) is 5.45. The van der Waals surface area contributed by atoms with Gasteiger partial charge in [-0.05, 0) is 30.2 Å². The number of benzene rings is 1. The number of sulfone groups is 1. The van der Waals surface area contributed by atoms with E-state index in [-0.39, 0.29) is 17.9 Å². The van der Waals surface area contributed by atoms with Crippen LogP contribution in [-0.4, -0.2) is 25.6 Å². The largest absolute Gasteiger partial charge is 0.348 e. The van der Waals surface area contributed by atoms with Crippen LogP contribution in [0.2, 0.25) is 0 Å². The number of aromatic nitrogens is 1. The summed E-state index contributed by atoms with van der Waals surface area (Å²) in [6.07, 6.45) is 1.18. The number of hydrogen-bond donors (Lipinski definition) is 2. The summed E-state index contributed by atoms with van der Waals surface area (Å²) in [7, 11) is -3.07. The van der Waals surface area contributed by atoms with Gasteiger partial charge in [0.1, 0.15) is 5.56 Å². The van der Waals surface area contributed by atoms with Crippen LogP contribution in [0.15, 0.2) is 41.2 Å². The van der Waals surface area contributed by atoms with E-state index in [2.05, 4.69) is 10.3 Å². The summed E-state index contributed by atoms with van der Waals surface area (Å²) in [5, 5.41) is 2.67. The Labute approximate surface area is 134 Å². The summed E-state index contributed by atoms with van der Waals surface area (Å²) in [4.78, 5) is 26.3. The van der Waals surface area contributed by atoms with Crippen molar-refractivity contribution in [3.05, 3.63) is 69.1 Å². The molecule has 0 saturated heterocycles. The van der Waals surface area contributed by atoms with Gasteiger partial charge in [0.25, 0.3) is 11.5 Å². The first-order valence-electron chi connectivity index (χ1n) is 6.98. The van der Waals surface area contributed by atoms with Crippen LogP contribution in [0.5, 0.6) is 0 Å². The van der Waals surface area contributed by atoms with E-state index in [9.17, 15) is 18.0 Å². The maximum absolute atomic E-state index is 12.0. The van der Waals surface area contributed by atoms with E-state index >= 15 is 0 Å². The normalized spacial score (nSPS) is 11.2. The molecule has 1 amide bonds. The second kappa shape index (κ2) is 6.78. The average molecular weight is 334 g/mol. The number of aromatic amines is 1. The third-order valence-electron chi connectivity index (χ3n) is 3.20. The Hall–Kier alpha value is -2.41. The highest BCUT2D eigenvalue weighted by atomic mass is 32.2. The van der Waals surface area contributed by atoms with Crippen molar-refractivity contribution in [1.29, 1.82) is 0 Å². The van der Waals surface area contributed by atoms with Crippen molar-refractivity contribution < 1.29 is 13.2 Å². The predicted octanol–water partition coefficient (Wildman–Crippen LogP) is 1.16. The number of carbonyl (C=O) groups excluding carboxylic acids is 1. The second-order valence-corrected chi connectivity index (χ2v) is 7.59. The molecule has 122 valence electrons. The quantitative estimate of drug-likeness (QED) is 0.857. The zero-order valence-corrected chi connectivity index (χ0v) is 13.7. The van der Waals surface area contributed by atoms with Gasteiger partial charge in [0, 0.05) is 18.5 Å². The predicted molar refractivity (Wildman–Crippen MR) is 88.0 cm³/mol. The van der Waals surface area contributed by atoms with Gasteiger partial charge >= 0.3 is 0 Å². The third kappa shape index (κ3) is 5.07. The molecule has 0 fully saturated rings. The summed E-state index contributed by atoms with van der Waals surface area (Å²) in [6, 6.07) is 10.1. The van der Waals surface area contributed by atoms with Crippen LogP contribution in [0.25, 0.3) is 0 Å². The van der Waals surface area contributed by atoms with Crippen LogP contribution in [-0.2, 0) is 22.1 Å². The monoisotopic (exact) mass is 334 g/mol. The zero-order chi connectivity index (χ0) is 17.0. The van der Waals surface area contributed by atoms with Crippen LogP contribution in [0.3, 0.4) is 0 Å². The Kier molecular flexibility index (Phi) is 5.00. The van der Waals surface area contributed by atoms with Crippen molar-refractivity contribution in [3.63, 3.8) is 0 Å². The molecule has 1 heterocycles. The molecule has 7 heteroatoms. The molecule has 0 unspecified atom stereocenters. The molecule has 6 nitrogen and oxygen atoms in total. The fourth-order valence-electron chi connectivity index (χ4n) is 2.08. The number of amides is 1. The van der Waals surface area contributed by atoms with E-state index in [0.29, 0.717) is 11.3 Å². The highest BCUT2D eigenvalue weighted by molar-refractivity contribution is 7.89. The van der Waals surface area contributed by atoms with Crippen LogP contribution in [0, 0.1) is 6.92 Å². The van der Waals surface area contributed by atoms with Crippen LogP contribution >= 0.6 is 0 Å². The van der Waals surface area contributed by atoms with Crippen molar-refractivity contribution in [2.75, 3.05) is 6.26 Å². The molecule has 2 aromatic rings. The van der Waals surface area contributed by atoms with Gasteiger partial charge in [-0.1, -0.05) is 24.3 Å². The van der Waals surface area contributed by atoms with Gasteiger partial charge in [0.2, 0.25) is 0 Å². The fraction of sp³-hybridized carbons (Fsp3) is 0.250. The summed E-state index contributed by atoms with van der Waals surface area (Å²) in [5.41, 5.74) is 1.83. The first-order valence-corrected chi connectivity index (χ1v) is 9.04. The SMILES string of the molecule is Cc1ccc(C(=O)NCc2ccc(CS(C)(=O)=O)cc2)c(=O)[nH]1. The summed E-state index contributed by atoms with van der Waals surface area (Å²) < 4.78 is 22.4. The minimum atomic E-state index is -3.07. The van der Waals surface area contributed by atoms with Crippen molar-refractivity contribution in [1.82, 2.24) is 10.3 Å². The molecular weight excluding hydrogens is 316 g/mol. The molecule has 23 heavy (non-hydrogen) atoms. The molecule has 0 saturated carbocycles. The van der Waals surface area contributed by atoms with Gasteiger partial charge in [-0.15, -0.1) is 0 Å². The molecule has 0 aliphatic carbocycles. The van der Waals surface area contributed by atoms with Gasteiger partial charge in [0.15, 0.2) is 9.84 Å². The lowest BCUT2D eigenvalue weighted by molar-refractivity contribution is 0.0949.